The third kappa shape index (κ3) is 6.08. The number of carbonyl (C=O) groups is 1. The molecule has 180 valence electrons. The number of nitrogens with one attached hydrogen (secondary N) is 1. The van der Waals surface area contributed by atoms with Gasteiger partial charge in [-0.15, -0.1) is 10.2 Å². The van der Waals surface area contributed by atoms with Gasteiger partial charge in [0.25, 0.3) is 5.91 Å². The van der Waals surface area contributed by atoms with E-state index >= 15 is 0 Å². The van der Waals surface area contributed by atoms with Crippen LogP contribution in [0.25, 0.3) is 17.1 Å². The second kappa shape index (κ2) is 11.2. The Labute approximate surface area is 208 Å². The number of amides is 1. The molecule has 1 N–H and O–H groups in total. The summed E-state index contributed by atoms with van der Waals surface area (Å²) in [4.78, 5) is 12.3. The van der Waals surface area contributed by atoms with Crippen LogP contribution >= 0.6 is 11.8 Å². The van der Waals surface area contributed by atoms with E-state index in [1.54, 1.807) is 19.2 Å². The molecule has 1 aromatic heterocycles. The van der Waals surface area contributed by atoms with E-state index in [0.717, 1.165) is 16.8 Å². The van der Waals surface area contributed by atoms with Crippen LogP contribution in [0.5, 0.6) is 5.75 Å². The van der Waals surface area contributed by atoms with E-state index in [-0.39, 0.29) is 11.7 Å². The Morgan fingerprint density at radius 2 is 1.80 bits per heavy atom. The molecule has 0 radical (unpaired) electrons. The number of rotatable bonds is 9. The summed E-state index contributed by atoms with van der Waals surface area (Å²) in [6.45, 7) is 4.76. The number of hydrogen-bond donors (Lipinski definition) is 1. The molecule has 35 heavy (non-hydrogen) atoms. The van der Waals surface area contributed by atoms with E-state index in [4.69, 9.17) is 4.74 Å². The summed E-state index contributed by atoms with van der Waals surface area (Å²) < 4.78 is 20.9. The number of hydrogen-bond acceptors (Lipinski definition) is 5. The molecule has 0 saturated heterocycles. The maximum Gasteiger partial charge on any atom is 0.251 e. The summed E-state index contributed by atoms with van der Waals surface area (Å²) >= 11 is 1.52. The Hall–Kier alpha value is -3.65. The van der Waals surface area contributed by atoms with Gasteiger partial charge in [-0.25, -0.2) is 4.39 Å². The zero-order chi connectivity index (χ0) is 24.8. The van der Waals surface area contributed by atoms with E-state index in [1.807, 2.05) is 53.1 Å². The van der Waals surface area contributed by atoms with Crippen LogP contribution in [0.1, 0.15) is 29.8 Å². The van der Waals surface area contributed by atoms with Crippen LogP contribution in [0, 0.1) is 11.7 Å². The number of halogens is 1. The van der Waals surface area contributed by atoms with Crippen LogP contribution in [0.4, 0.5) is 4.39 Å². The molecule has 0 unspecified atom stereocenters. The van der Waals surface area contributed by atoms with Gasteiger partial charge in [0, 0.05) is 29.1 Å². The molecule has 0 atom stereocenters. The molecule has 0 bridgehead atoms. The van der Waals surface area contributed by atoms with Gasteiger partial charge in [0.1, 0.15) is 11.6 Å². The maximum absolute atomic E-state index is 13.6. The van der Waals surface area contributed by atoms with E-state index < -0.39 is 0 Å². The predicted molar refractivity (Wildman–Crippen MR) is 136 cm³/mol. The molecular formula is C27H27FN4O2S. The summed E-state index contributed by atoms with van der Waals surface area (Å²) in [6, 6.07) is 21.4. The zero-order valence-corrected chi connectivity index (χ0v) is 20.7. The molecule has 4 rings (SSSR count). The monoisotopic (exact) mass is 490 g/mol. The third-order valence-corrected chi connectivity index (χ3v) is 6.30. The molecule has 3 aromatic carbocycles. The van der Waals surface area contributed by atoms with Crippen molar-refractivity contribution in [3.8, 4) is 22.8 Å². The molecular weight excluding hydrogens is 463 g/mol. The fraction of sp³-hybridized carbons (Fsp3) is 0.222. The van der Waals surface area contributed by atoms with Gasteiger partial charge in [-0.3, -0.25) is 9.36 Å². The minimum absolute atomic E-state index is 0.0723. The van der Waals surface area contributed by atoms with Crippen LogP contribution in [0.15, 0.2) is 78.0 Å². The number of carbonyl (C=O) groups excluding carboxylic acids is 1. The highest BCUT2D eigenvalue weighted by Gasteiger charge is 2.17. The van der Waals surface area contributed by atoms with Crippen molar-refractivity contribution < 1.29 is 13.9 Å². The molecule has 0 aliphatic carbocycles. The predicted octanol–water partition coefficient (Wildman–Crippen LogP) is 5.76. The first kappa shape index (κ1) is 24.5. The summed E-state index contributed by atoms with van der Waals surface area (Å²) in [5.41, 5.74) is 3.28. The van der Waals surface area contributed by atoms with Crippen molar-refractivity contribution in [1.82, 2.24) is 20.1 Å². The van der Waals surface area contributed by atoms with Crippen LogP contribution in [-0.4, -0.2) is 34.3 Å². The normalized spacial score (nSPS) is 11.0. The second-order valence-electron chi connectivity index (χ2n) is 8.44. The minimum atomic E-state index is -0.309. The summed E-state index contributed by atoms with van der Waals surface area (Å²) in [6.07, 6.45) is 0. The van der Waals surface area contributed by atoms with E-state index in [0.29, 0.717) is 40.5 Å². The average Bonchev–Trinajstić information content (AvgIpc) is 3.30. The topological polar surface area (TPSA) is 69.0 Å². The van der Waals surface area contributed by atoms with Crippen LogP contribution in [0.2, 0.25) is 0 Å². The SMILES string of the molecule is COc1cccc(-c2nnc(SCc3ccc(C(=O)NCC(C)C)cc3)n2-c2ccc(F)cc2)c1. The molecule has 1 amide bonds. The Bertz CT molecular complexity index is 1290. The van der Waals surface area contributed by atoms with Crippen molar-refractivity contribution in [2.24, 2.45) is 5.92 Å². The summed E-state index contributed by atoms with van der Waals surface area (Å²) in [5.74, 6) is 1.99. The first-order chi connectivity index (χ1) is 16.9. The number of thioether (sulfide) groups is 1. The Morgan fingerprint density at radius 1 is 1.06 bits per heavy atom. The van der Waals surface area contributed by atoms with Gasteiger partial charge >= 0.3 is 0 Å². The molecule has 4 aromatic rings. The Morgan fingerprint density at radius 3 is 2.49 bits per heavy atom. The smallest absolute Gasteiger partial charge is 0.251 e. The second-order valence-corrected chi connectivity index (χ2v) is 9.38. The molecule has 0 aliphatic heterocycles. The van der Waals surface area contributed by atoms with Gasteiger partial charge in [-0.2, -0.15) is 0 Å². The highest BCUT2D eigenvalue weighted by molar-refractivity contribution is 7.98. The molecule has 0 spiro atoms. The highest BCUT2D eigenvalue weighted by atomic mass is 32.2. The van der Waals surface area contributed by atoms with Gasteiger partial charge in [0.15, 0.2) is 11.0 Å². The number of methoxy groups -OCH3 is 1. The Balaban J connectivity index is 1.57. The number of nitrogens with zero attached hydrogens (tertiary/aromatic N) is 3. The van der Waals surface area contributed by atoms with Crippen molar-refractivity contribution in [2.75, 3.05) is 13.7 Å². The van der Waals surface area contributed by atoms with Gasteiger partial charge in [-0.1, -0.05) is 49.9 Å². The van der Waals surface area contributed by atoms with Gasteiger partial charge < -0.3 is 10.1 Å². The van der Waals surface area contributed by atoms with Crippen molar-refractivity contribution in [1.29, 1.82) is 0 Å². The van der Waals surface area contributed by atoms with Crippen LogP contribution in [-0.2, 0) is 5.75 Å². The van der Waals surface area contributed by atoms with Gasteiger partial charge in [0.2, 0.25) is 0 Å². The lowest BCUT2D eigenvalue weighted by Crippen LogP contribution is -2.27. The lowest BCUT2D eigenvalue weighted by molar-refractivity contribution is 0.0949. The van der Waals surface area contributed by atoms with Gasteiger partial charge in [0.05, 0.1) is 7.11 Å². The van der Waals surface area contributed by atoms with Crippen LogP contribution in [0.3, 0.4) is 0 Å². The molecule has 0 aliphatic rings. The summed E-state index contributed by atoms with van der Waals surface area (Å²) in [7, 11) is 1.62. The molecule has 8 heteroatoms. The van der Waals surface area contributed by atoms with Crippen molar-refractivity contribution in [3.63, 3.8) is 0 Å². The van der Waals surface area contributed by atoms with Crippen molar-refractivity contribution in [3.05, 3.63) is 89.7 Å². The molecule has 6 nitrogen and oxygen atoms in total. The minimum Gasteiger partial charge on any atom is -0.497 e. The first-order valence-corrected chi connectivity index (χ1v) is 12.3. The standard InChI is InChI=1S/C27H27FN4O2S/c1-18(2)16-29-26(33)20-9-7-19(8-10-20)17-35-27-31-30-25(21-5-4-6-24(15-21)34-3)32(27)23-13-11-22(28)12-14-23/h4-15,18H,16-17H2,1-3H3,(H,29,33). The molecule has 0 fully saturated rings. The van der Waals surface area contributed by atoms with E-state index in [2.05, 4.69) is 29.4 Å². The Kier molecular flexibility index (Phi) is 7.82. The first-order valence-electron chi connectivity index (χ1n) is 11.3. The van der Waals surface area contributed by atoms with E-state index in [1.165, 1.54) is 23.9 Å². The fourth-order valence-electron chi connectivity index (χ4n) is 3.43. The highest BCUT2D eigenvalue weighted by Crippen LogP contribution is 2.31. The zero-order valence-electron chi connectivity index (χ0n) is 19.9. The van der Waals surface area contributed by atoms with Crippen molar-refractivity contribution >= 4 is 17.7 Å². The third-order valence-electron chi connectivity index (χ3n) is 5.30. The largest absolute Gasteiger partial charge is 0.497 e. The molecule has 0 saturated carbocycles. The average molecular weight is 491 g/mol. The fourth-order valence-corrected chi connectivity index (χ4v) is 4.34. The van der Waals surface area contributed by atoms with Crippen LogP contribution < -0.4 is 10.1 Å². The number of benzene rings is 3. The van der Waals surface area contributed by atoms with E-state index in [9.17, 15) is 9.18 Å². The van der Waals surface area contributed by atoms with Crippen molar-refractivity contribution in [2.45, 2.75) is 24.8 Å². The quantitative estimate of drug-likeness (QED) is 0.302. The summed E-state index contributed by atoms with van der Waals surface area (Å²) in [5, 5.41) is 12.5. The number of aromatic nitrogens is 3. The lowest BCUT2D eigenvalue weighted by Gasteiger charge is -2.11. The maximum atomic E-state index is 13.6. The van der Waals surface area contributed by atoms with Gasteiger partial charge in [-0.05, 0) is 60.0 Å². The lowest BCUT2D eigenvalue weighted by atomic mass is 10.1. The molecule has 1 heterocycles. The number of ether oxygens (including phenoxy) is 1.